The van der Waals surface area contributed by atoms with Gasteiger partial charge in [0.05, 0.1) is 12.1 Å². The van der Waals surface area contributed by atoms with Crippen LogP contribution in [0.3, 0.4) is 0 Å². The zero-order valence-electron chi connectivity index (χ0n) is 11.5. The molecule has 1 aromatic heterocycles. The van der Waals surface area contributed by atoms with E-state index in [1.807, 2.05) is 6.92 Å². The molecule has 0 spiro atoms. The Kier molecular flexibility index (Phi) is 4.53. The topological polar surface area (TPSA) is 80.2 Å². The molecule has 2 rings (SSSR count). The quantitative estimate of drug-likeness (QED) is 0.867. The van der Waals surface area contributed by atoms with Crippen LogP contribution in [-0.2, 0) is 0 Å². The molecule has 2 heterocycles. The third-order valence-corrected chi connectivity index (χ3v) is 3.63. The van der Waals surface area contributed by atoms with Crippen LogP contribution in [0.2, 0.25) is 0 Å². The number of amides is 1. The second-order valence-corrected chi connectivity index (χ2v) is 4.80. The molecule has 1 aliphatic rings. The van der Waals surface area contributed by atoms with E-state index in [9.17, 15) is 9.59 Å². The summed E-state index contributed by atoms with van der Waals surface area (Å²) in [6.07, 6.45) is 3.74. The monoisotopic (exact) mass is 274 g/mol. The Labute approximate surface area is 117 Å². The van der Waals surface area contributed by atoms with E-state index in [1.54, 1.807) is 4.90 Å². The van der Waals surface area contributed by atoms with Crippen molar-refractivity contribution in [2.45, 2.75) is 19.4 Å². The Balaban J connectivity index is 2.01. The first-order chi connectivity index (χ1) is 9.67. The maximum Gasteiger partial charge on any atom is 0.259 e. The first kappa shape index (κ1) is 14.3. The predicted octanol–water partition coefficient (Wildman–Crippen LogP) is 0.435. The average molecular weight is 274 g/mol. The van der Waals surface area contributed by atoms with Crippen LogP contribution in [0.15, 0.2) is 23.3 Å². The Hall–Kier alpha value is -2.13. The van der Waals surface area contributed by atoms with Crippen molar-refractivity contribution in [2.24, 2.45) is 0 Å². The number of H-pyrrole nitrogens is 1. The van der Waals surface area contributed by atoms with Gasteiger partial charge in [-0.1, -0.05) is 6.92 Å². The molecule has 0 aliphatic carbocycles. The van der Waals surface area contributed by atoms with E-state index in [0.29, 0.717) is 26.2 Å². The van der Waals surface area contributed by atoms with Crippen molar-refractivity contribution in [3.05, 3.63) is 34.2 Å². The van der Waals surface area contributed by atoms with Gasteiger partial charge in [-0.05, 0) is 6.42 Å². The maximum absolute atomic E-state index is 12.3. The predicted molar refractivity (Wildman–Crippen MR) is 74.2 cm³/mol. The van der Waals surface area contributed by atoms with Gasteiger partial charge in [0.2, 0.25) is 0 Å². The van der Waals surface area contributed by atoms with Gasteiger partial charge in [0.15, 0.2) is 5.43 Å². The fourth-order valence-corrected chi connectivity index (χ4v) is 2.42. The standard InChI is InChI=1S/C14H18N4O2/c1-2-11(9-15)17-5-7-18(8-6-17)14(20)12-10-16-4-3-13(12)19/h3-4,10-11H,2,5-8H2,1H3,(H,16,19). The highest BCUT2D eigenvalue weighted by Crippen LogP contribution is 2.10. The number of rotatable bonds is 3. The SMILES string of the molecule is CCC(C#N)N1CCN(C(=O)c2c[nH]ccc2=O)CC1. The molecule has 6 heteroatoms. The van der Waals surface area contributed by atoms with Crippen molar-refractivity contribution in [1.82, 2.24) is 14.8 Å². The fourth-order valence-electron chi connectivity index (χ4n) is 2.42. The van der Waals surface area contributed by atoms with Crippen LogP contribution in [0.4, 0.5) is 0 Å². The number of carbonyl (C=O) groups is 1. The van der Waals surface area contributed by atoms with Crippen molar-refractivity contribution in [1.29, 1.82) is 5.26 Å². The third kappa shape index (κ3) is 2.89. The van der Waals surface area contributed by atoms with Gasteiger partial charge in [-0.2, -0.15) is 5.26 Å². The molecule has 20 heavy (non-hydrogen) atoms. The van der Waals surface area contributed by atoms with E-state index in [2.05, 4.69) is 16.0 Å². The van der Waals surface area contributed by atoms with Crippen molar-refractivity contribution in [2.75, 3.05) is 26.2 Å². The first-order valence-corrected chi connectivity index (χ1v) is 6.77. The highest BCUT2D eigenvalue weighted by molar-refractivity contribution is 5.93. The van der Waals surface area contributed by atoms with E-state index in [0.717, 1.165) is 6.42 Å². The Bertz CT molecular complexity index is 567. The number of pyridine rings is 1. The number of hydrogen-bond donors (Lipinski definition) is 1. The molecule has 1 fully saturated rings. The van der Waals surface area contributed by atoms with Crippen molar-refractivity contribution in [3.63, 3.8) is 0 Å². The van der Waals surface area contributed by atoms with Gasteiger partial charge >= 0.3 is 0 Å². The summed E-state index contributed by atoms with van der Waals surface area (Å²) in [5.74, 6) is -0.239. The summed E-state index contributed by atoms with van der Waals surface area (Å²) >= 11 is 0. The van der Waals surface area contributed by atoms with Crippen LogP contribution in [0, 0.1) is 11.3 Å². The average Bonchev–Trinajstić information content (AvgIpc) is 2.49. The maximum atomic E-state index is 12.3. The molecule has 1 aromatic rings. The van der Waals surface area contributed by atoms with Crippen LogP contribution < -0.4 is 5.43 Å². The molecule has 1 saturated heterocycles. The number of aromatic nitrogens is 1. The lowest BCUT2D eigenvalue weighted by atomic mass is 10.1. The Morgan fingerprint density at radius 3 is 2.70 bits per heavy atom. The third-order valence-electron chi connectivity index (χ3n) is 3.63. The summed E-state index contributed by atoms with van der Waals surface area (Å²) in [6.45, 7) is 4.41. The molecule has 6 nitrogen and oxygen atoms in total. The van der Waals surface area contributed by atoms with Crippen LogP contribution >= 0.6 is 0 Å². The molecule has 0 bridgehead atoms. The lowest BCUT2D eigenvalue weighted by molar-refractivity contribution is 0.0603. The van der Waals surface area contributed by atoms with Crippen LogP contribution in [0.5, 0.6) is 0 Å². The first-order valence-electron chi connectivity index (χ1n) is 6.77. The molecule has 0 saturated carbocycles. The number of carbonyl (C=O) groups excluding carboxylic acids is 1. The minimum atomic E-state index is -0.264. The minimum Gasteiger partial charge on any atom is -0.367 e. The van der Waals surface area contributed by atoms with E-state index in [4.69, 9.17) is 5.26 Å². The lowest BCUT2D eigenvalue weighted by Crippen LogP contribution is -2.52. The number of nitriles is 1. The Morgan fingerprint density at radius 2 is 2.15 bits per heavy atom. The van der Waals surface area contributed by atoms with Gasteiger partial charge < -0.3 is 9.88 Å². The second kappa shape index (κ2) is 6.35. The summed E-state index contributed by atoms with van der Waals surface area (Å²) in [4.78, 5) is 30.4. The molecule has 0 aromatic carbocycles. The second-order valence-electron chi connectivity index (χ2n) is 4.80. The molecule has 106 valence electrons. The summed E-state index contributed by atoms with van der Waals surface area (Å²) in [5.41, 5.74) is -0.0899. The van der Waals surface area contributed by atoms with E-state index < -0.39 is 0 Å². The largest absolute Gasteiger partial charge is 0.367 e. The van der Waals surface area contributed by atoms with Gasteiger partial charge in [-0.15, -0.1) is 0 Å². The highest BCUT2D eigenvalue weighted by atomic mass is 16.2. The highest BCUT2D eigenvalue weighted by Gasteiger charge is 2.26. The van der Waals surface area contributed by atoms with Crippen LogP contribution in [0.25, 0.3) is 0 Å². The smallest absolute Gasteiger partial charge is 0.259 e. The number of nitrogens with one attached hydrogen (secondary N) is 1. The zero-order chi connectivity index (χ0) is 14.5. The summed E-state index contributed by atoms with van der Waals surface area (Å²) < 4.78 is 0. The lowest BCUT2D eigenvalue weighted by Gasteiger charge is -2.36. The van der Waals surface area contributed by atoms with Gasteiger partial charge in [-0.3, -0.25) is 14.5 Å². The molecule has 1 amide bonds. The molecule has 1 aliphatic heterocycles. The number of aromatic amines is 1. The van der Waals surface area contributed by atoms with Gasteiger partial charge in [0, 0.05) is 44.6 Å². The van der Waals surface area contributed by atoms with Crippen molar-refractivity contribution in [3.8, 4) is 6.07 Å². The molecule has 0 radical (unpaired) electrons. The zero-order valence-corrected chi connectivity index (χ0v) is 11.5. The van der Waals surface area contributed by atoms with Crippen LogP contribution in [-0.4, -0.2) is 52.9 Å². The summed E-state index contributed by atoms with van der Waals surface area (Å²) in [7, 11) is 0. The van der Waals surface area contributed by atoms with E-state index in [-0.39, 0.29) is 22.9 Å². The van der Waals surface area contributed by atoms with Crippen molar-refractivity contribution < 1.29 is 4.79 Å². The number of nitrogens with zero attached hydrogens (tertiary/aromatic N) is 3. The molecular formula is C14H18N4O2. The molecular weight excluding hydrogens is 256 g/mol. The Morgan fingerprint density at radius 1 is 1.45 bits per heavy atom. The summed E-state index contributed by atoms with van der Waals surface area (Å²) in [5, 5.41) is 9.05. The van der Waals surface area contributed by atoms with Crippen LogP contribution in [0.1, 0.15) is 23.7 Å². The normalized spacial score (nSPS) is 17.5. The van der Waals surface area contributed by atoms with Crippen molar-refractivity contribution >= 4 is 5.91 Å². The number of piperazine rings is 1. The molecule has 1 atom stereocenters. The fraction of sp³-hybridized carbons (Fsp3) is 0.500. The number of hydrogen-bond acceptors (Lipinski definition) is 4. The van der Waals surface area contributed by atoms with Gasteiger partial charge in [-0.25, -0.2) is 0 Å². The molecule has 1 unspecified atom stereocenters. The molecule has 1 N–H and O–H groups in total. The summed E-state index contributed by atoms with van der Waals surface area (Å²) in [6, 6.07) is 3.54. The van der Waals surface area contributed by atoms with Gasteiger partial charge in [0.25, 0.3) is 5.91 Å². The van der Waals surface area contributed by atoms with E-state index >= 15 is 0 Å². The minimum absolute atomic E-state index is 0.0904. The van der Waals surface area contributed by atoms with E-state index in [1.165, 1.54) is 18.5 Å². The van der Waals surface area contributed by atoms with Gasteiger partial charge in [0.1, 0.15) is 5.56 Å².